The van der Waals surface area contributed by atoms with Gasteiger partial charge in [-0.1, -0.05) is 19.9 Å². The van der Waals surface area contributed by atoms with Gasteiger partial charge in [0.25, 0.3) is 0 Å². The van der Waals surface area contributed by atoms with Gasteiger partial charge in [-0.15, -0.1) is 0 Å². The van der Waals surface area contributed by atoms with Crippen molar-refractivity contribution in [2.45, 2.75) is 63.5 Å². The topological polar surface area (TPSA) is 78.7 Å². The molecule has 34 heavy (non-hydrogen) atoms. The first-order chi connectivity index (χ1) is 16.5. The third-order valence-electron chi connectivity index (χ3n) is 7.87. The van der Waals surface area contributed by atoms with E-state index < -0.39 is 0 Å². The van der Waals surface area contributed by atoms with E-state index in [1.165, 1.54) is 47.7 Å². The van der Waals surface area contributed by atoms with Crippen molar-refractivity contribution in [3.8, 4) is 17.0 Å². The standard InChI is InChI=1S/C27H33N5O2/c1-16(2)25-22-10-18(17-4-7-20(8-5-17)31-13-21(33)14-31)6-9-23(22)30-26(25)19-11-24(34-3)27-28-15-29-32(27)12-19/h6,9-12,15-17,20-21,30,33H,4-5,7-8,13-14H2,1-3H3. The Bertz CT molecular complexity index is 1330. The Morgan fingerprint density at radius 2 is 1.91 bits per heavy atom. The molecule has 6 rings (SSSR count). The third-order valence-corrected chi connectivity index (χ3v) is 7.87. The number of H-pyrrole nitrogens is 1. The highest BCUT2D eigenvalue weighted by atomic mass is 16.5. The molecule has 1 aliphatic carbocycles. The monoisotopic (exact) mass is 459 g/mol. The quantitative estimate of drug-likeness (QED) is 0.452. The molecule has 0 spiro atoms. The summed E-state index contributed by atoms with van der Waals surface area (Å²) in [5, 5.41) is 15.3. The second-order valence-electron chi connectivity index (χ2n) is 10.3. The average molecular weight is 460 g/mol. The van der Waals surface area contributed by atoms with Crippen LogP contribution in [0.1, 0.15) is 62.5 Å². The lowest BCUT2D eigenvalue weighted by molar-refractivity contribution is -0.0343. The number of rotatable bonds is 5. The molecule has 2 aliphatic rings. The fourth-order valence-electron chi connectivity index (χ4n) is 6.05. The van der Waals surface area contributed by atoms with E-state index in [4.69, 9.17) is 4.74 Å². The zero-order chi connectivity index (χ0) is 23.4. The van der Waals surface area contributed by atoms with Crippen LogP contribution in [0.2, 0.25) is 0 Å². The number of aliphatic hydroxyl groups is 1. The summed E-state index contributed by atoms with van der Waals surface area (Å²) in [4.78, 5) is 10.5. The van der Waals surface area contributed by atoms with Gasteiger partial charge in [0, 0.05) is 41.8 Å². The average Bonchev–Trinajstić information content (AvgIpc) is 3.45. The van der Waals surface area contributed by atoms with Crippen molar-refractivity contribution in [1.82, 2.24) is 24.5 Å². The molecule has 0 amide bonds. The molecule has 1 aliphatic heterocycles. The molecule has 4 heterocycles. The molecule has 7 heteroatoms. The van der Waals surface area contributed by atoms with Crippen molar-refractivity contribution < 1.29 is 9.84 Å². The van der Waals surface area contributed by atoms with Crippen LogP contribution in [0.4, 0.5) is 0 Å². The van der Waals surface area contributed by atoms with E-state index in [1.807, 2.05) is 6.20 Å². The van der Waals surface area contributed by atoms with Gasteiger partial charge < -0.3 is 14.8 Å². The SMILES string of the molecule is COc1cc(-c2[nH]c3ccc(C4CCC(N5CC(O)C5)CC4)cc3c2C(C)C)cn2ncnc12. The molecule has 3 aromatic heterocycles. The molecule has 1 saturated carbocycles. The van der Waals surface area contributed by atoms with Crippen molar-refractivity contribution in [3.05, 3.63) is 47.9 Å². The first kappa shape index (κ1) is 21.6. The van der Waals surface area contributed by atoms with Gasteiger partial charge in [-0.25, -0.2) is 9.50 Å². The maximum atomic E-state index is 9.65. The number of benzene rings is 1. The normalized spacial score (nSPS) is 22.0. The van der Waals surface area contributed by atoms with Crippen LogP contribution >= 0.6 is 0 Å². The number of nitrogens with one attached hydrogen (secondary N) is 1. The van der Waals surface area contributed by atoms with E-state index in [2.05, 4.69) is 58.1 Å². The van der Waals surface area contributed by atoms with E-state index in [0.717, 1.165) is 35.7 Å². The molecule has 7 nitrogen and oxygen atoms in total. The summed E-state index contributed by atoms with van der Waals surface area (Å²) >= 11 is 0. The lowest BCUT2D eigenvalue weighted by Gasteiger charge is -2.44. The molecule has 1 saturated heterocycles. The lowest BCUT2D eigenvalue weighted by Crippen LogP contribution is -2.55. The summed E-state index contributed by atoms with van der Waals surface area (Å²) in [7, 11) is 1.67. The predicted molar refractivity (Wildman–Crippen MR) is 133 cm³/mol. The maximum Gasteiger partial charge on any atom is 0.197 e. The van der Waals surface area contributed by atoms with E-state index in [1.54, 1.807) is 18.0 Å². The number of fused-ring (bicyclic) bond motifs is 2. The fourth-order valence-corrected chi connectivity index (χ4v) is 6.05. The number of aromatic amines is 1. The van der Waals surface area contributed by atoms with Gasteiger partial charge in [0.2, 0.25) is 0 Å². The molecule has 178 valence electrons. The van der Waals surface area contributed by atoms with Gasteiger partial charge in [-0.2, -0.15) is 5.10 Å². The number of hydrogen-bond donors (Lipinski definition) is 2. The van der Waals surface area contributed by atoms with Gasteiger partial charge in [0.05, 0.1) is 18.9 Å². The number of pyridine rings is 1. The summed E-state index contributed by atoms with van der Waals surface area (Å²) in [5.41, 5.74) is 6.85. The van der Waals surface area contributed by atoms with Crippen molar-refractivity contribution in [3.63, 3.8) is 0 Å². The summed E-state index contributed by atoms with van der Waals surface area (Å²) in [6.45, 7) is 6.24. The molecule has 0 atom stereocenters. The van der Waals surface area contributed by atoms with Crippen LogP contribution in [0.15, 0.2) is 36.8 Å². The van der Waals surface area contributed by atoms with Crippen molar-refractivity contribution in [1.29, 1.82) is 0 Å². The highest BCUT2D eigenvalue weighted by Crippen LogP contribution is 2.41. The van der Waals surface area contributed by atoms with Crippen molar-refractivity contribution in [2.24, 2.45) is 0 Å². The minimum Gasteiger partial charge on any atom is -0.493 e. The summed E-state index contributed by atoms with van der Waals surface area (Å²) in [5.74, 6) is 1.69. The zero-order valence-electron chi connectivity index (χ0n) is 20.2. The highest BCUT2D eigenvalue weighted by Gasteiger charge is 2.33. The van der Waals surface area contributed by atoms with E-state index in [-0.39, 0.29) is 6.10 Å². The van der Waals surface area contributed by atoms with Gasteiger partial charge in [0.1, 0.15) is 6.33 Å². The summed E-state index contributed by atoms with van der Waals surface area (Å²) < 4.78 is 7.39. The van der Waals surface area contributed by atoms with Crippen molar-refractivity contribution in [2.75, 3.05) is 20.2 Å². The molecule has 4 aromatic rings. The van der Waals surface area contributed by atoms with Crippen LogP contribution in [0, 0.1) is 0 Å². The molecule has 2 N–H and O–H groups in total. The summed E-state index contributed by atoms with van der Waals surface area (Å²) in [6, 6.07) is 9.69. The van der Waals surface area contributed by atoms with Crippen molar-refractivity contribution >= 4 is 16.6 Å². The first-order valence-electron chi connectivity index (χ1n) is 12.5. The van der Waals surface area contributed by atoms with Crippen LogP contribution in [0.5, 0.6) is 5.75 Å². The van der Waals surface area contributed by atoms with Gasteiger partial charge in [0.15, 0.2) is 11.4 Å². The van der Waals surface area contributed by atoms with Crippen LogP contribution in [0.3, 0.4) is 0 Å². The minimum atomic E-state index is -0.109. The highest BCUT2D eigenvalue weighted by molar-refractivity contribution is 5.92. The Balaban J connectivity index is 1.34. The zero-order valence-corrected chi connectivity index (χ0v) is 20.2. The summed E-state index contributed by atoms with van der Waals surface area (Å²) in [6.07, 6.45) is 8.36. The third kappa shape index (κ3) is 3.58. The second kappa shape index (κ2) is 8.40. The Morgan fingerprint density at radius 1 is 1.12 bits per heavy atom. The first-order valence-corrected chi connectivity index (χ1v) is 12.5. The largest absolute Gasteiger partial charge is 0.493 e. The Hall–Kier alpha value is -2.90. The number of likely N-dealkylation sites (tertiary alicyclic amines) is 1. The van der Waals surface area contributed by atoms with Crippen LogP contribution in [-0.2, 0) is 0 Å². The number of hydrogen-bond acceptors (Lipinski definition) is 5. The van der Waals surface area contributed by atoms with E-state index >= 15 is 0 Å². The Labute approximate surface area is 199 Å². The number of methoxy groups -OCH3 is 1. The molecule has 0 radical (unpaired) electrons. The van der Waals surface area contributed by atoms with Crippen LogP contribution in [-0.4, -0.2) is 61.9 Å². The number of nitrogens with zero attached hydrogens (tertiary/aromatic N) is 4. The Morgan fingerprint density at radius 3 is 2.62 bits per heavy atom. The molecule has 1 aromatic carbocycles. The lowest BCUT2D eigenvalue weighted by atomic mass is 9.80. The van der Waals surface area contributed by atoms with Gasteiger partial charge in [-0.3, -0.25) is 4.90 Å². The van der Waals surface area contributed by atoms with Gasteiger partial charge in [-0.05, 0) is 66.8 Å². The number of aromatic nitrogens is 4. The smallest absolute Gasteiger partial charge is 0.197 e. The second-order valence-corrected chi connectivity index (χ2v) is 10.3. The van der Waals surface area contributed by atoms with Gasteiger partial charge >= 0.3 is 0 Å². The molecule has 0 unspecified atom stereocenters. The number of aliphatic hydroxyl groups excluding tert-OH is 1. The predicted octanol–water partition coefficient (Wildman–Crippen LogP) is 4.71. The molecular formula is C27H33N5O2. The maximum absolute atomic E-state index is 9.65. The van der Waals surface area contributed by atoms with E-state index in [9.17, 15) is 5.11 Å². The number of β-amino-alcohol motifs (C(OH)–C–C–N with tert-alkyl or cyclic N) is 1. The molecule has 2 fully saturated rings. The van der Waals surface area contributed by atoms with Crippen LogP contribution in [0.25, 0.3) is 27.8 Å². The minimum absolute atomic E-state index is 0.109. The molecular weight excluding hydrogens is 426 g/mol. The molecule has 0 bridgehead atoms. The fraction of sp³-hybridized carbons (Fsp3) is 0.481. The van der Waals surface area contributed by atoms with Crippen LogP contribution < -0.4 is 4.74 Å². The Kier molecular flexibility index (Phi) is 5.34. The number of ether oxygens (including phenoxy) is 1. The van der Waals surface area contributed by atoms with E-state index in [0.29, 0.717) is 17.9 Å².